The van der Waals surface area contributed by atoms with Gasteiger partial charge < -0.3 is 15.0 Å². The van der Waals surface area contributed by atoms with Crippen molar-refractivity contribution in [2.24, 2.45) is 0 Å². The van der Waals surface area contributed by atoms with Gasteiger partial charge in [-0.05, 0) is 44.2 Å². The fraction of sp³-hybridized carbons (Fsp3) is 0.222. The van der Waals surface area contributed by atoms with Gasteiger partial charge in [0, 0.05) is 48.7 Å². The highest BCUT2D eigenvalue weighted by Crippen LogP contribution is 2.35. The Balaban J connectivity index is 0.000000448. The van der Waals surface area contributed by atoms with Crippen molar-refractivity contribution in [1.29, 1.82) is 0 Å². The van der Waals surface area contributed by atoms with E-state index in [0.717, 1.165) is 27.6 Å². The molecule has 1 aromatic carbocycles. The Bertz CT molecular complexity index is 1600. The number of rotatable bonds is 6. The van der Waals surface area contributed by atoms with Gasteiger partial charge in [-0.1, -0.05) is 24.3 Å². The first-order valence-electron chi connectivity index (χ1n) is 12.0. The van der Waals surface area contributed by atoms with E-state index in [0.29, 0.717) is 24.6 Å². The maximum Gasteiger partial charge on any atom is 0.490 e. The van der Waals surface area contributed by atoms with Crippen LogP contribution in [0.1, 0.15) is 36.1 Å². The van der Waals surface area contributed by atoms with Crippen LogP contribution in [0.5, 0.6) is 0 Å². The van der Waals surface area contributed by atoms with Crippen molar-refractivity contribution in [1.82, 2.24) is 29.4 Å². The molecule has 9 nitrogen and oxygen atoms in total. The van der Waals surface area contributed by atoms with Crippen LogP contribution in [-0.2, 0) is 11.2 Å². The van der Waals surface area contributed by atoms with Crippen LogP contribution in [0, 0.1) is 0 Å². The molecular formula is C27H25F3N6O3. The second kappa shape index (κ2) is 11.3. The van der Waals surface area contributed by atoms with E-state index in [1.165, 1.54) is 0 Å². The van der Waals surface area contributed by atoms with Crippen molar-refractivity contribution in [3.63, 3.8) is 0 Å². The summed E-state index contributed by atoms with van der Waals surface area (Å²) in [5.41, 5.74) is 4.51. The van der Waals surface area contributed by atoms with Crippen LogP contribution in [0.2, 0.25) is 0 Å². The molecule has 12 heteroatoms. The van der Waals surface area contributed by atoms with Gasteiger partial charge >= 0.3 is 12.1 Å². The molecule has 202 valence electrons. The summed E-state index contributed by atoms with van der Waals surface area (Å²) in [6, 6.07) is 18.0. The first-order chi connectivity index (χ1) is 18.6. The zero-order valence-electron chi connectivity index (χ0n) is 21.1. The van der Waals surface area contributed by atoms with Crippen LogP contribution in [0.3, 0.4) is 0 Å². The number of pyridine rings is 1. The number of para-hydroxylation sites is 1. The van der Waals surface area contributed by atoms with Gasteiger partial charge in [0.25, 0.3) is 5.91 Å². The number of halogens is 3. The third kappa shape index (κ3) is 5.89. The quantitative estimate of drug-likeness (QED) is 0.316. The van der Waals surface area contributed by atoms with Crippen LogP contribution in [-0.4, -0.2) is 53.8 Å². The number of hydrogen-bond donors (Lipinski definition) is 2. The maximum atomic E-state index is 13.3. The van der Waals surface area contributed by atoms with Crippen LogP contribution in [0.4, 0.5) is 13.2 Å². The summed E-state index contributed by atoms with van der Waals surface area (Å²) < 4.78 is 35.9. The summed E-state index contributed by atoms with van der Waals surface area (Å²) in [6.45, 7) is 4.79. The number of carboxylic acid groups (broad SMARTS) is 1. The predicted octanol–water partition coefficient (Wildman–Crippen LogP) is 4.96. The third-order valence-corrected chi connectivity index (χ3v) is 5.80. The van der Waals surface area contributed by atoms with Gasteiger partial charge in [0.05, 0.1) is 16.6 Å². The van der Waals surface area contributed by atoms with Crippen molar-refractivity contribution in [3.8, 4) is 5.95 Å². The van der Waals surface area contributed by atoms with Gasteiger partial charge in [-0.3, -0.25) is 14.3 Å². The number of nitrogens with zero attached hydrogens (tertiary/aromatic N) is 5. The number of alkyl halides is 3. The lowest BCUT2D eigenvalue weighted by atomic mass is 10.2. The number of hydrogen-bond acceptors (Lipinski definition) is 5. The topological polar surface area (TPSA) is 115 Å². The first kappa shape index (κ1) is 27.3. The summed E-state index contributed by atoms with van der Waals surface area (Å²) in [5.74, 6) is -2.44. The fourth-order valence-electron chi connectivity index (χ4n) is 4.23. The highest BCUT2D eigenvalue weighted by molar-refractivity contribution is 6.11. The minimum absolute atomic E-state index is 0.163. The molecule has 0 unspecified atom stereocenters. The number of aromatic nitrogens is 5. The molecule has 2 N–H and O–H groups in total. The lowest BCUT2D eigenvalue weighted by Gasteiger charge is -2.11. The third-order valence-electron chi connectivity index (χ3n) is 5.80. The Morgan fingerprint density at radius 1 is 0.949 bits per heavy atom. The molecule has 1 amide bonds. The first-order valence-corrected chi connectivity index (χ1v) is 12.0. The molecule has 0 aliphatic heterocycles. The number of nitrogens with one attached hydrogen (secondary N) is 1. The normalized spacial score (nSPS) is 11.4. The van der Waals surface area contributed by atoms with Crippen molar-refractivity contribution in [3.05, 3.63) is 84.6 Å². The standard InChI is InChI=1S/C25H24N6O.C2HF3O2/c1-17(2)30-20-10-4-3-9-19(20)23-21(30)16-22(31(23)25-28-13-7-14-29-25)24(32)27-15-11-18-8-5-6-12-26-18;3-2(4,5)1(6)7/h3-10,12-14,16-17H,11,15H2,1-2H3,(H,27,32);(H,6,7). The highest BCUT2D eigenvalue weighted by Gasteiger charge is 2.38. The monoisotopic (exact) mass is 538 g/mol. The van der Waals surface area contributed by atoms with Crippen LogP contribution in [0.25, 0.3) is 27.9 Å². The van der Waals surface area contributed by atoms with E-state index in [-0.39, 0.29) is 11.9 Å². The molecule has 0 saturated carbocycles. The molecule has 0 radical (unpaired) electrons. The minimum Gasteiger partial charge on any atom is -0.475 e. The van der Waals surface area contributed by atoms with Crippen molar-refractivity contribution >= 4 is 33.8 Å². The Morgan fingerprint density at radius 3 is 2.21 bits per heavy atom. The van der Waals surface area contributed by atoms with Gasteiger partial charge in [0.1, 0.15) is 5.69 Å². The van der Waals surface area contributed by atoms with Crippen LogP contribution >= 0.6 is 0 Å². The van der Waals surface area contributed by atoms with Crippen LogP contribution in [0.15, 0.2) is 73.2 Å². The van der Waals surface area contributed by atoms with Gasteiger partial charge in [-0.2, -0.15) is 13.2 Å². The van der Waals surface area contributed by atoms with Gasteiger partial charge in [-0.15, -0.1) is 0 Å². The van der Waals surface area contributed by atoms with Crippen molar-refractivity contribution in [2.75, 3.05) is 6.54 Å². The predicted molar refractivity (Wildman–Crippen MR) is 139 cm³/mol. The zero-order valence-corrected chi connectivity index (χ0v) is 21.1. The number of carbonyl (C=O) groups excluding carboxylic acids is 1. The SMILES string of the molecule is CC(C)n1c2ccccc2c2c1cc(C(=O)NCCc1ccccn1)n2-c1ncccn1.O=C(O)C(F)(F)F. The molecular weight excluding hydrogens is 513 g/mol. The van der Waals surface area contributed by atoms with E-state index >= 15 is 0 Å². The molecule has 0 saturated heterocycles. The number of carbonyl (C=O) groups is 2. The number of carboxylic acids is 1. The van der Waals surface area contributed by atoms with E-state index in [1.807, 2.05) is 41.0 Å². The second-order valence-electron chi connectivity index (χ2n) is 8.76. The van der Waals surface area contributed by atoms with Gasteiger partial charge in [-0.25, -0.2) is 14.8 Å². The fourth-order valence-corrected chi connectivity index (χ4v) is 4.23. The minimum atomic E-state index is -5.08. The number of fused-ring (bicyclic) bond motifs is 3. The molecule has 0 aliphatic carbocycles. The number of aliphatic carboxylic acids is 1. The lowest BCUT2D eigenvalue weighted by molar-refractivity contribution is -0.192. The average Bonchev–Trinajstić information content (AvgIpc) is 3.44. The smallest absolute Gasteiger partial charge is 0.475 e. The number of amides is 1. The highest BCUT2D eigenvalue weighted by atomic mass is 19.4. The lowest BCUT2D eigenvalue weighted by Crippen LogP contribution is -2.28. The number of benzene rings is 1. The van der Waals surface area contributed by atoms with Crippen molar-refractivity contribution in [2.45, 2.75) is 32.5 Å². The molecule has 5 rings (SSSR count). The zero-order chi connectivity index (χ0) is 28.2. The van der Waals surface area contributed by atoms with E-state index in [4.69, 9.17) is 9.90 Å². The molecule has 5 aromatic rings. The molecule has 4 aromatic heterocycles. The Labute approximate surface area is 220 Å². The summed E-state index contributed by atoms with van der Waals surface area (Å²) >= 11 is 0. The largest absolute Gasteiger partial charge is 0.490 e. The van der Waals surface area contributed by atoms with E-state index in [1.54, 1.807) is 24.7 Å². The average molecular weight is 539 g/mol. The Morgan fingerprint density at radius 2 is 1.59 bits per heavy atom. The molecule has 0 spiro atoms. The van der Waals surface area contributed by atoms with E-state index < -0.39 is 12.1 Å². The summed E-state index contributed by atoms with van der Waals surface area (Å²) in [4.78, 5) is 35.4. The van der Waals surface area contributed by atoms with Crippen molar-refractivity contribution < 1.29 is 27.9 Å². The maximum absolute atomic E-state index is 13.3. The van der Waals surface area contributed by atoms with Crippen LogP contribution < -0.4 is 5.32 Å². The summed E-state index contributed by atoms with van der Waals surface area (Å²) in [7, 11) is 0. The molecule has 0 atom stereocenters. The summed E-state index contributed by atoms with van der Waals surface area (Å²) in [6.07, 6.45) is 0.727. The van der Waals surface area contributed by atoms with E-state index in [9.17, 15) is 18.0 Å². The molecule has 0 bridgehead atoms. The molecule has 0 aliphatic rings. The molecule has 4 heterocycles. The summed E-state index contributed by atoms with van der Waals surface area (Å²) in [5, 5.41) is 11.2. The second-order valence-corrected chi connectivity index (χ2v) is 8.76. The van der Waals surface area contributed by atoms with E-state index in [2.05, 4.69) is 50.8 Å². The Kier molecular flexibility index (Phi) is 7.93. The van der Waals surface area contributed by atoms with Gasteiger partial charge in [0.15, 0.2) is 0 Å². The molecule has 0 fully saturated rings. The van der Waals surface area contributed by atoms with Gasteiger partial charge in [0.2, 0.25) is 5.95 Å². The Hall–Kier alpha value is -4.74. The molecule has 39 heavy (non-hydrogen) atoms.